The molecule has 88 heavy (non-hydrogen) atoms. The number of likely N-dealkylation sites (tertiary alicyclic amines) is 1. The zero-order chi connectivity index (χ0) is 63.2. The molecule has 0 unspecified atom stereocenters. The molecule has 25 heteroatoms. The van der Waals surface area contributed by atoms with Crippen LogP contribution in [0.5, 0.6) is 0 Å². The Morgan fingerprint density at radius 2 is 1.56 bits per heavy atom. The lowest BCUT2D eigenvalue weighted by Crippen LogP contribution is -2.57. The number of hydrogen-bond acceptors (Lipinski definition) is 13. The number of aromatic nitrogens is 2. The number of unbranched alkanes of at least 4 members (excludes halogenated alkanes) is 2. The Labute approximate surface area is 512 Å². The number of carbonyl (C=O) groups excluding carboxylic acids is 9. The van der Waals surface area contributed by atoms with Gasteiger partial charge in [0.15, 0.2) is 0 Å². The zero-order valence-electron chi connectivity index (χ0n) is 49.3. The number of fused-ring (bicyclic) bond motifs is 1. The van der Waals surface area contributed by atoms with Crippen molar-refractivity contribution in [3.63, 3.8) is 0 Å². The van der Waals surface area contributed by atoms with E-state index in [0.717, 1.165) is 44.8 Å². The summed E-state index contributed by atoms with van der Waals surface area (Å²) in [5, 5.41) is 25.3. The van der Waals surface area contributed by atoms with Gasteiger partial charge in [0, 0.05) is 61.8 Å². The van der Waals surface area contributed by atoms with Gasteiger partial charge in [-0.15, -0.1) is 11.3 Å². The third-order valence-corrected chi connectivity index (χ3v) is 18.0. The summed E-state index contributed by atoms with van der Waals surface area (Å²) in [6.07, 6.45) is 2.20. The molecular formula is C63H73N10O13PS. The number of rotatable bonds is 24. The lowest BCUT2D eigenvalue weighted by Gasteiger charge is -2.35. The molecule has 11 N–H and O–H groups in total. The van der Waals surface area contributed by atoms with Crippen molar-refractivity contribution in [3.05, 3.63) is 141 Å². The fourth-order valence-electron chi connectivity index (χ4n) is 11.6. The Balaban J connectivity index is 0.751. The molecule has 2 aromatic heterocycles. The SMILES string of the molecule is Cc1ncsc1-c1ccc(CNC(=O)[C@@H]2C[C@@H](O)CN2C(=O)[C@@H](NC(=O)CCCCCc2cccc(CNC(=O)[C@H](CCC(N)=O)NC(=O)[C@@H]3Cc4cccc5c4N3C(=O)[C@@H](NC(=O)c3cc4cc(C(=O)P(=O)(O)O)ccc4[nH]3)CC5)c2)C(C)(C)C)cc1. The van der Waals surface area contributed by atoms with Crippen molar-refractivity contribution in [1.29, 1.82) is 0 Å². The average Bonchev–Trinajstić information content (AvgIpc) is 1.91. The molecule has 6 atom stereocenters. The first-order valence-electron chi connectivity index (χ1n) is 29.3. The number of hydrogen-bond donors (Lipinski definition) is 10. The van der Waals surface area contributed by atoms with Crippen molar-refractivity contribution < 1.29 is 62.6 Å². The third kappa shape index (κ3) is 15.3. The number of anilines is 1. The number of β-amino-alcohol motifs (C(OH)–C–C–N with tert-alkyl or cyclic N) is 1. The second kappa shape index (κ2) is 27.3. The van der Waals surface area contributed by atoms with Gasteiger partial charge >= 0.3 is 7.60 Å². The highest BCUT2D eigenvalue weighted by Gasteiger charge is 2.46. The van der Waals surface area contributed by atoms with Gasteiger partial charge in [0.25, 0.3) is 11.4 Å². The highest BCUT2D eigenvalue weighted by atomic mass is 32.1. The Hall–Kier alpha value is -8.41. The molecule has 23 nitrogen and oxygen atoms in total. The fourth-order valence-corrected chi connectivity index (χ4v) is 12.9. The molecule has 1 fully saturated rings. The molecule has 6 aromatic rings. The van der Waals surface area contributed by atoms with Gasteiger partial charge in [-0.2, -0.15) is 0 Å². The maximum Gasteiger partial charge on any atom is 0.396 e. The standard InChI is InChI=1S/C63H73N10O13PS/c1-35-54(88-34-67-35)40-18-16-37(17-19-40)31-66-58(79)49-30-44(74)33-72(49)61(82)55(63(2,3)4)71-52(76)15-7-5-6-10-36-11-8-12-38(26-36)32-65-56(77)46(24-25-51(64)75)69-59(80)50-29-41-14-9-13-39-20-23-47(60(81)73(50)53(39)41)70-57(78)48-28-43-27-42(21-22-45(43)68-48)62(83)87(84,85)86/h8-9,11-14,16-19,21-22,26-28,34,44,46-47,49-50,55,68,74H,5-7,10,15,20,23-25,29-33H2,1-4H3,(H2,64,75)(H,65,77)(H,66,79)(H,69,80)(H,70,78)(H,71,76)(H2,84,85,86)/t44-,46+,47+,49+,50+,55-/m1/s1. The smallest absolute Gasteiger partial charge is 0.391 e. The Bertz CT molecular complexity index is 3720. The van der Waals surface area contributed by atoms with Crippen LogP contribution < -0.4 is 37.2 Å². The summed E-state index contributed by atoms with van der Waals surface area (Å²) in [6, 6.07) is 20.8. The molecular weight excluding hydrogens is 1170 g/mol. The van der Waals surface area contributed by atoms with Crippen LogP contribution in [-0.2, 0) is 70.5 Å². The van der Waals surface area contributed by atoms with Gasteiger partial charge in [0.1, 0.15) is 35.9 Å². The van der Waals surface area contributed by atoms with Crippen molar-refractivity contribution in [3.8, 4) is 10.4 Å². The second-order valence-electron chi connectivity index (χ2n) is 23.9. The molecule has 0 bridgehead atoms. The monoisotopic (exact) mass is 1240 g/mol. The van der Waals surface area contributed by atoms with Crippen LogP contribution in [0.25, 0.3) is 21.3 Å². The first-order valence-corrected chi connectivity index (χ1v) is 31.8. The number of H-pyrrole nitrogens is 1. The number of aryl methyl sites for hydroxylation is 3. The lowest BCUT2D eigenvalue weighted by molar-refractivity contribution is -0.144. The summed E-state index contributed by atoms with van der Waals surface area (Å²) in [5.41, 5.74) is 12.0. The second-order valence-corrected chi connectivity index (χ2v) is 26.2. The number of aliphatic hydroxyl groups is 1. The first-order chi connectivity index (χ1) is 41.8. The molecule has 0 spiro atoms. The third-order valence-electron chi connectivity index (χ3n) is 16.2. The van der Waals surface area contributed by atoms with E-state index in [9.17, 15) is 62.6 Å². The first kappa shape index (κ1) is 64.1. The summed E-state index contributed by atoms with van der Waals surface area (Å²) < 4.78 is 11.6. The van der Waals surface area contributed by atoms with E-state index in [1.807, 2.05) is 88.4 Å². The van der Waals surface area contributed by atoms with Crippen LogP contribution >= 0.6 is 18.9 Å². The van der Waals surface area contributed by atoms with E-state index in [4.69, 9.17) is 5.73 Å². The fraction of sp³-hybridized carbons (Fsp3) is 0.397. The topological polar surface area (TPSA) is 353 Å². The number of thiazole rings is 1. The maximum atomic E-state index is 14.5. The molecule has 5 heterocycles. The van der Waals surface area contributed by atoms with Gasteiger partial charge in [-0.1, -0.05) is 93.9 Å². The molecule has 3 aliphatic heterocycles. The molecule has 9 rings (SSSR count). The predicted molar refractivity (Wildman–Crippen MR) is 328 cm³/mol. The highest BCUT2D eigenvalue weighted by Crippen LogP contribution is 2.41. The van der Waals surface area contributed by atoms with Crippen LogP contribution in [0.1, 0.15) is 126 Å². The largest absolute Gasteiger partial charge is 0.396 e. The number of aromatic amines is 1. The maximum absolute atomic E-state index is 14.5. The molecule has 0 saturated carbocycles. The van der Waals surface area contributed by atoms with Gasteiger partial charge < -0.3 is 57.1 Å². The van der Waals surface area contributed by atoms with Crippen molar-refractivity contribution >= 4 is 88.3 Å². The van der Waals surface area contributed by atoms with Crippen LogP contribution in [-0.4, -0.2) is 125 Å². The van der Waals surface area contributed by atoms with Gasteiger partial charge in [-0.05, 0) is 109 Å². The van der Waals surface area contributed by atoms with Crippen LogP contribution in [0.15, 0.2) is 96.5 Å². The number of amides is 8. The van der Waals surface area contributed by atoms with E-state index in [-0.39, 0.29) is 75.3 Å². The van der Waals surface area contributed by atoms with Gasteiger partial charge in [-0.25, -0.2) is 4.98 Å². The van der Waals surface area contributed by atoms with Crippen molar-refractivity contribution in [2.45, 2.75) is 148 Å². The number of nitrogens with zero attached hydrogens (tertiary/aromatic N) is 3. The van der Waals surface area contributed by atoms with Crippen LogP contribution in [0.4, 0.5) is 5.69 Å². The lowest BCUT2D eigenvalue weighted by atomic mass is 9.85. The molecule has 0 aliphatic carbocycles. The molecule has 464 valence electrons. The van der Waals surface area contributed by atoms with E-state index in [1.165, 1.54) is 34.1 Å². The molecule has 3 aliphatic rings. The molecule has 8 amide bonds. The Morgan fingerprint density at radius 3 is 2.27 bits per heavy atom. The van der Waals surface area contributed by atoms with Crippen molar-refractivity contribution in [1.82, 2.24) is 41.5 Å². The minimum Gasteiger partial charge on any atom is -0.391 e. The number of primary amides is 1. The van der Waals surface area contributed by atoms with Crippen molar-refractivity contribution in [2.24, 2.45) is 11.1 Å². The van der Waals surface area contributed by atoms with Gasteiger partial charge in [-0.3, -0.25) is 52.6 Å². The normalized spacial score (nSPS) is 18.0. The van der Waals surface area contributed by atoms with E-state index >= 15 is 0 Å². The molecule has 1 saturated heterocycles. The number of carbonyl (C=O) groups is 9. The molecule has 0 radical (unpaired) electrons. The minimum absolute atomic E-state index is 0.00709. The summed E-state index contributed by atoms with van der Waals surface area (Å²) in [6.45, 7) is 7.73. The van der Waals surface area contributed by atoms with E-state index in [0.29, 0.717) is 47.8 Å². The van der Waals surface area contributed by atoms with Gasteiger partial charge in [0.05, 0.1) is 27.9 Å². The highest BCUT2D eigenvalue weighted by molar-refractivity contribution is 7.70. The van der Waals surface area contributed by atoms with E-state index < -0.39 is 96.2 Å². The Kier molecular flexibility index (Phi) is 19.9. The summed E-state index contributed by atoms with van der Waals surface area (Å²) in [7, 11) is -5.07. The number of aliphatic hydroxyl groups excluding tert-OH is 1. The summed E-state index contributed by atoms with van der Waals surface area (Å²) in [4.78, 5) is 152. The Morgan fingerprint density at radius 1 is 0.830 bits per heavy atom. The summed E-state index contributed by atoms with van der Waals surface area (Å²) in [5.74, 6) is -4.34. The number of benzene rings is 4. The van der Waals surface area contributed by atoms with E-state index in [1.54, 1.807) is 22.9 Å². The van der Waals surface area contributed by atoms with Crippen LogP contribution in [0.3, 0.4) is 0 Å². The minimum atomic E-state index is -5.07. The van der Waals surface area contributed by atoms with Crippen LogP contribution in [0, 0.1) is 12.3 Å². The van der Waals surface area contributed by atoms with E-state index in [2.05, 4.69) is 36.6 Å². The molecule has 4 aromatic carbocycles. The van der Waals surface area contributed by atoms with Crippen LogP contribution in [0.2, 0.25) is 0 Å². The van der Waals surface area contributed by atoms with Crippen molar-refractivity contribution in [2.75, 3.05) is 11.4 Å². The number of nitrogens with one attached hydrogen (secondary N) is 6. The summed E-state index contributed by atoms with van der Waals surface area (Å²) >= 11 is 1.55. The number of nitrogens with two attached hydrogens (primary N) is 1. The quantitative estimate of drug-likeness (QED) is 0.0285. The average molecular weight is 1240 g/mol. The zero-order valence-corrected chi connectivity index (χ0v) is 51.0. The number of para-hydroxylation sites is 1. The van der Waals surface area contributed by atoms with Gasteiger partial charge in [0.2, 0.25) is 41.4 Å². The predicted octanol–water partition coefficient (Wildman–Crippen LogP) is 4.90.